The van der Waals surface area contributed by atoms with Crippen LogP contribution in [0.15, 0.2) is 48.5 Å². The minimum Gasteiger partial charge on any atom is -0.489 e. The number of aliphatic hydroxyl groups is 1. The monoisotopic (exact) mass is 672 g/mol. The zero-order valence-corrected chi connectivity index (χ0v) is 25.5. The van der Waals surface area contributed by atoms with Crippen LogP contribution in [-0.4, -0.2) is 64.7 Å². The fourth-order valence-electron chi connectivity index (χ4n) is 5.47. The number of benzene rings is 2. The molecule has 47 heavy (non-hydrogen) atoms. The zero-order valence-electron chi connectivity index (χ0n) is 24.7. The van der Waals surface area contributed by atoms with Crippen molar-refractivity contribution in [2.45, 2.75) is 43.0 Å². The number of carbonyl (C=O) groups is 3. The van der Waals surface area contributed by atoms with Gasteiger partial charge in [0, 0.05) is 16.7 Å². The maximum Gasteiger partial charge on any atom is 0.424 e. The number of nitrogens with one attached hydrogen (secondary N) is 3. The Morgan fingerprint density at radius 1 is 1.15 bits per heavy atom. The van der Waals surface area contributed by atoms with Gasteiger partial charge in [-0.1, -0.05) is 11.3 Å². The number of hydrogen-bond donors (Lipinski definition) is 5. The highest BCUT2D eigenvalue weighted by Gasteiger charge is 2.57. The van der Waals surface area contributed by atoms with Crippen LogP contribution >= 0.6 is 11.3 Å². The minimum atomic E-state index is -5.37. The topological polar surface area (TPSA) is 169 Å². The first-order valence-electron chi connectivity index (χ1n) is 14.5. The van der Waals surface area contributed by atoms with E-state index in [9.17, 15) is 37.1 Å². The number of nitrogens with two attached hydrogens (primary N) is 1. The molecule has 246 valence electrons. The van der Waals surface area contributed by atoms with Crippen LogP contribution in [0.3, 0.4) is 0 Å². The van der Waals surface area contributed by atoms with Gasteiger partial charge < -0.3 is 31.5 Å². The highest BCUT2D eigenvalue weighted by Crippen LogP contribution is 2.47. The molecule has 0 spiro atoms. The SMILES string of the molecule is C[C@]1(C(N)=O)COc2c1cc(C(O)(CNC(=O)c1ccc3nc(NC(=O)C4CCCN4)sc3c1)C(F)(F)F)nc2-c1ccc(F)cc1. The Hall–Kier alpha value is -4.67. The van der Waals surface area contributed by atoms with Crippen molar-refractivity contribution in [3.05, 3.63) is 71.2 Å². The van der Waals surface area contributed by atoms with E-state index in [0.717, 1.165) is 42.5 Å². The van der Waals surface area contributed by atoms with Crippen molar-refractivity contribution < 1.29 is 41.8 Å². The molecule has 4 heterocycles. The molecule has 16 heteroatoms. The minimum absolute atomic E-state index is 0.0235. The van der Waals surface area contributed by atoms with Crippen LogP contribution in [0.25, 0.3) is 21.5 Å². The maximum absolute atomic E-state index is 14.7. The lowest BCUT2D eigenvalue weighted by atomic mass is 9.81. The van der Waals surface area contributed by atoms with E-state index in [2.05, 4.69) is 25.9 Å². The van der Waals surface area contributed by atoms with Gasteiger partial charge in [0.05, 0.1) is 28.5 Å². The van der Waals surface area contributed by atoms with E-state index < -0.39 is 47.1 Å². The summed E-state index contributed by atoms with van der Waals surface area (Å²) >= 11 is 1.09. The largest absolute Gasteiger partial charge is 0.489 e. The van der Waals surface area contributed by atoms with Crippen LogP contribution in [-0.2, 0) is 20.6 Å². The number of pyridine rings is 1. The number of ether oxygens (including phenoxy) is 1. The van der Waals surface area contributed by atoms with E-state index in [1.165, 1.54) is 37.3 Å². The van der Waals surface area contributed by atoms with Gasteiger partial charge in [0.15, 0.2) is 5.13 Å². The van der Waals surface area contributed by atoms with E-state index in [-0.39, 0.29) is 46.7 Å². The number of carbonyl (C=O) groups excluding carboxylic acids is 3. The summed E-state index contributed by atoms with van der Waals surface area (Å²) in [6.07, 6.45) is -3.80. The Labute approximate surface area is 268 Å². The Morgan fingerprint density at radius 2 is 1.89 bits per heavy atom. The maximum atomic E-state index is 14.7. The molecule has 2 aliphatic rings. The number of primary amides is 1. The summed E-state index contributed by atoms with van der Waals surface area (Å²) in [5.74, 6) is -2.72. The summed E-state index contributed by atoms with van der Waals surface area (Å²) in [5, 5.41) is 19.5. The molecule has 1 fully saturated rings. The van der Waals surface area contributed by atoms with Crippen molar-refractivity contribution in [2.24, 2.45) is 5.73 Å². The standard InChI is InChI=1S/C31H28F4N6O5S/c1-29(27(36)44)14-46-24-18(29)12-22(40-23(24)15-4-7-17(32)8-5-15)30(45,31(33,34)35)13-38-25(42)16-6-9-19-21(11-16)47-28(39-19)41-26(43)20-3-2-10-37-20/h4-9,11-12,20,37,45H,2-3,10,13-14H2,1H3,(H2,36,44)(H,38,42)(H,39,41,43)/t20?,29-,30?/m0/s1. The molecule has 0 bridgehead atoms. The summed E-state index contributed by atoms with van der Waals surface area (Å²) in [6, 6.07) is 9.46. The molecule has 0 aliphatic carbocycles. The van der Waals surface area contributed by atoms with Gasteiger partial charge in [-0.2, -0.15) is 13.2 Å². The van der Waals surface area contributed by atoms with Crippen molar-refractivity contribution in [1.29, 1.82) is 0 Å². The van der Waals surface area contributed by atoms with Gasteiger partial charge in [-0.05, 0) is 74.8 Å². The number of fused-ring (bicyclic) bond motifs is 2. The van der Waals surface area contributed by atoms with Crippen molar-refractivity contribution in [3.63, 3.8) is 0 Å². The average Bonchev–Trinajstić information content (AvgIpc) is 3.78. The molecule has 0 saturated carbocycles. The highest BCUT2D eigenvalue weighted by atomic mass is 32.1. The predicted octanol–water partition coefficient (Wildman–Crippen LogP) is 3.50. The molecule has 3 amide bonds. The normalized spacial score (nSPS) is 20.3. The molecule has 4 aromatic rings. The quantitative estimate of drug-likeness (QED) is 0.177. The molecule has 11 nitrogen and oxygen atoms in total. The molecule has 2 unspecified atom stereocenters. The summed E-state index contributed by atoms with van der Waals surface area (Å²) < 4.78 is 63.9. The van der Waals surface area contributed by atoms with Crippen LogP contribution < -0.4 is 26.4 Å². The first-order valence-corrected chi connectivity index (χ1v) is 15.3. The Morgan fingerprint density at radius 3 is 2.55 bits per heavy atom. The summed E-state index contributed by atoms with van der Waals surface area (Å²) in [6.45, 7) is 0.459. The Balaban J connectivity index is 1.30. The third kappa shape index (κ3) is 5.87. The Bertz CT molecular complexity index is 1900. The first kappa shape index (κ1) is 32.3. The Kier molecular flexibility index (Phi) is 8.14. The molecule has 0 radical (unpaired) electrons. The summed E-state index contributed by atoms with van der Waals surface area (Å²) in [4.78, 5) is 46.4. The predicted molar refractivity (Wildman–Crippen MR) is 163 cm³/mol. The number of halogens is 4. The fourth-order valence-corrected chi connectivity index (χ4v) is 6.38. The van der Waals surface area contributed by atoms with Crippen molar-refractivity contribution in [2.75, 3.05) is 25.0 Å². The molecule has 6 N–H and O–H groups in total. The first-order chi connectivity index (χ1) is 22.2. The lowest BCUT2D eigenvalue weighted by Crippen LogP contribution is -2.51. The van der Waals surface area contributed by atoms with E-state index in [1.807, 2.05) is 0 Å². The number of rotatable bonds is 8. The van der Waals surface area contributed by atoms with E-state index in [4.69, 9.17) is 10.5 Å². The van der Waals surface area contributed by atoms with Gasteiger partial charge in [0.1, 0.15) is 29.3 Å². The summed E-state index contributed by atoms with van der Waals surface area (Å²) in [5.41, 5.74) is -0.295. The number of nitrogens with zero attached hydrogens (tertiary/aromatic N) is 2. The molecule has 2 aliphatic heterocycles. The summed E-state index contributed by atoms with van der Waals surface area (Å²) in [7, 11) is 0. The molecule has 2 aromatic heterocycles. The third-order valence-electron chi connectivity index (χ3n) is 8.39. The molecular weight excluding hydrogens is 644 g/mol. The number of aromatic nitrogens is 2. The second-order valence-corrected chi connectivity index (χ2v) is 12.6. The fraction of sp³-hybridized carbons (Fsp3) is 0.323. The zero-order chi connectivity index (χ0) is 33.7. The number of anilines is 1. The van der Waals surface area contributed by atoms with Crippen LogP contribution in [0, 0.1) is 5.82 Å². The van der Waals surface area contributed by atoms with Crippen molar-refractivity contribution >= 4 is 44.4 Å². The van der Waals surface area contributed by atoms with Crippen molar-refractivity contribution in [1.82, 2.24) is 20.6 Å². The molecule has 2 aromatic carbocycles. The van der Waals surface area contributed by atoms with Gasteiger partial charge in [-0.25, -0.2) is 14.4 Å². The van der Waals surface area contributed by atoms with Crippen LogP contribution in [0.2, 0.25) is 0 Å². The van der Waals surface area contributed by atoms with Gasteiger partial charge >= 0.3 is 6.18 Å². The number of hydrogen-bond acceptors (Lipinski definition) is 9. The van der Waals surface area contributed by atoms with E-state index in [0.29, 0.717) is 21.8 Å². The molecular formula is C31H28F4N6O5S. The second-order valence-electron chi connectivity index (χ2n) is 11.6. The number of amides is 3. The molecule has 3 atom stereocenters. The van der Waals surface area contributed by atoms with Gasteiger partial charge in [-0.15, -0.1) is 0 Å². The molecule has 6 rings (SSSR count). The lowest BCUT2D eigenvalue weighted by molar-refractivity contribution is -0.265. The van der Waals surface area contributed by atoms with Crippen LogP contribution in [0.1, 0.15) is 41.4 Å². The van der Waals surface area contributed by atoms with Crippen LogP contribution in [0.4, 0.5) is 22.7 Å². The van der Waals surface area contributed by atoms with Crippen LogP contribution in [0.5, 0.6) is 5.75 Å². The number of alkyl halides is 3. The second kappa shape index (κ2) is 11.8. The van der Waals surface area contributed by atoms with Gasteiger partial charge in [0.2, 0.25) is 17.4 Å². The van der Waals surface area contributed by atoms with E-state index in [1.54, 1.807) is 0 Å². The van der Waals surface area contributed by atoms with Crippen molar-refractivity contribution in [3.8, 4) is 17.0 Å². The smallest absolute Gasteiger partial charge is 0.424 e. The molecule has 1 saturated heterocycles. The lowest BCUT2D eigenvalue weighted by Gasteiger charge is -2.31. The van der Waals surface area contributed by atoms with E-state index >= 15 is 0 Å². The average molecular weight is 673 g/mol. The highest BCUT2D eigenvalue weighted by molar-refractivity contribution is 7.22. The van der Waals surface area contributed by atoms with Gasteiger partial charge in [0.25, 0.3) is 5.91 Å². The van der Waals surface area contributed by atoms with Gasteiger partial charge in [-0.3, -0.25) is 14.4 Å². The number of thiazole rings is 1. The third-order valence-corrected chi connectivity index (χ3v) is 9.32.